The number of aromatic nitrogens is 1. The minimum atomic E-state index is 0.316. The van der Waals surface area contributed by atoms with Crippen molar-refractivity contribution in [3.8, 4) is 21.9 Å². The summed E-state index contributed by atoms with van der Waals surface area (Å²) in [6.07, 6.45) is 0. The molecule has 5 heteroatoms. The van der Waals surface area contributed by atoms with Crippen molar-refractivity contribution in [1.29, 1.82) is 0 Å². The molecule has 86 valence electrons. The van der Waals surface area contributed by atoms with Crippen LogP contribution in [0.25, 0.3) is 21.9 Å². The number of anilines is 1. The predicted molar refractivity (Wildman–Crippen MR) is 66.7 cm³/mol. The lowest BCUT2D eigenvalue weighted by atomic mass is 10.1. The van der Waals surface area contributed by atoms with Crippen LogP contribution in [0.4, 0.5) is 5.88 Å². The van der Waals surface area contributed by atoms with Gasteiger partial charge >= 0.3 is 0 Å². The molecule has 0 unspecified atom stereocenters. The van der Waals surface area contributed by atoms with Gasteiger partial charge < -0.3 is 14.7 Å². The lowest BCUT2D eigenvalue weighted by Gasteiger charge is -1.96. The summed E-state index contributed by atoms with van der Waals surface area (Å²) in [6.45, 7) is 1.89. The third-order valence-corrected chi connectivity index (χ3v) is 3.35. The van der Waals surface area contributed by atoms with Crippen molar-refractivity contribution in [3.63, 3.8) is 0 Å². The smallest absolute Gasteiger partial charge is 0.231 e. The molecule has 0 aliphatic heterocycles. The highest BCUT2D eigenvalue weighted by molar-refractivity contribution is 7.13. The minimum Gasteiger partial charge on any atom is -0.460 e. The molecule has 2 N–H and O–H groups in total. The van der Waals surface area contributed by atoms with Gasteiger partial charge in [0.15, 0.2) is 11.5 Å². The van der Waals surface area contributed by atoms with Gasteiger partial charge in [-0.15, -0.1) is 11.3 Å². The lowest BCUT2D eigenvalue weighted by Crippen LogP contribution is -1.84. The molecule has 4 nitrogen and oxygen atoms in total. The topological polar surface area (TPSA) is 65.2 Å². The zero-order chi connectivity index (χ0) is 11.8. The van der Waals surface area contributed by atoms with Crippen LogP contribution in [0, 0.1) is 6.92 Å². The first-order chi connectivity index (χ1) is 8.25. The van der Waals surface area contributed by atoms with Gasteiger partial charge in [-0.1, -0.05) is 11.2 Å². The third kappa shape index (κ3) is 1.64. The van der Waals surface area contributed by atoms with E-state index in [2.05, 4.69) is 5.16 Å². The lowest BCUT2D eigenvalue weighted by molar-refractivity contribution is 0.435. The fourth-order valence-corrected chi connectivity index (χ4v) is 2.47. The molecule has 0 saturated heterocycles. The molecule has 3 rings (SSSR count). The van der Waals surface area contributed by atoms with Gasteiger partial charge in [0.05, 0.1) is 5.56 Å². The molecule has 17 heavy (non-hydrogen) atoms. The zero-order valence-corrected chi connectivity index (χ0v) is 9.95. The van der Waals surface area contributed by atoms with Crippen molar-refractivity contribution < 1.29 is 8.94 Å². The van der Waals surface area contributed by atoms with Gasteiger partial charge in [-0.25, -0.2) is 0 Å². The maximum absolute atomic E-state index is 5.81. The van der Waals surface area contributed by atoms with Gasteiger partial charge in [0.1, 0.15) is 5.76 Å². The molecular formula is C12H10N2O2S. The summed E-state index contributed by atoms with van der Waals surface area (Å²) >= 11 is 1.59. The van der Waals surface area contributed by atoms with Gasteiger partial charge in [0, 0.05) is 4.88 Å². The maximum atomic E-state index is 5.81. The van der Waals surface area contributed by atoms with E-state index in [9.17, 15) is 0 Å². The Hall–Kier alpha value is -2.01. The number of rotatable bonds is 2. The fourth-order valence-electron chi connectivity index (χ4n) is 1.69. The molecule has 0 atom stereocenters. The van der Waals surface area contributed by atoms with Gasteiger partial charge in [0.2, 0.25) is 5.88 Å². The van der Waals surface area contributed by atoms with Crippen LogP contribution in [-0.4, -0.2) is 5.16 Å². The Morgan fingerprint density at radius 1 is 1.29 bits per heavy atom. The molecule has 3 aromatic heterocycles. The van der Waals surface area contributed by atoms with E-state index in [4.69, 9.17) is 14.7 Å². The molecule has 0 aliphatic carbocycles. The highest BCUT2D eigenvalue weighted by Gasteiger charge is 2.20. The average molecular weight is 246 g/mol. The number of hydrogen-bond donors (Lipinski definition) is 1. The minimum absolute atomic E-state index is 0.316. The Balaban J connectivity index is 2.19. The van der Waals surface area contributed by atoms with Crippen LogP contribution in [0.3, 0.4) is 0 Å². The first kappa shape index (κ1) is 10.2. The first-order valence-electron chi connectivity index (χ1n) is 5.11. The first-order valence-corrected chi connectivity index (χ1v) is 5.99. The van der Waals surface area contributed by atoms with Crippen LogP contribution in [0.1, 0.15) is 5.76 Å². The number of nitrogens with two attached hydrogens (primary N) is 1. The Bertz CT molecular complexity index is 637. The summed E-state index contributed by atoms with van der Waals surface area (Å²) < 4.78 is 10.6. The van der Waals surface area contributed by atoms with E-state index in [-0.39, 0.29) is 0 Å². The normalized spacial score (nSPS) is 10.9. The SMILES string of the molecule is Cc1ccc(-c2noc(N)c2-c2cccs2)o1. The van der Waals surface area contributed by atoms with Gasteiger partial charge in [-0.3, -0.25) is 0 Å². The number of aryl methyl sites for hydroxylation is 1. The van der Waals surface area contributed by atoms with Crippen molar-refractivity contribution in [1.82, 2.24) is 5.16 Å². The summed E-state index contributed by atoms with van der Waals surface area (Å²) in [5.74, 6) is 1.82. The molecule has 0 aliphatic rings. The average Bonchev–Trinajstić information content (AvgIpc) is 2.97. The number of hydrogen-bond acceptors (Lipinski definition) is 5. The monoisotopic (exact) mass is 246 g/mol. The fraction of sp³-hybridized carbons (Fsp3) is 0.0833. The Labute approximate surface area is 102 Å². The van der Waals surface area contributed by atoms with Crippen molar-refractivity contribution >= 4 is 17.2 Å². The molecule has 0 fully saturated rings. The molecule has 3 aromatic rings. The molecule has 0 radical (unpaired) electrons. The van der Waals surface area contributed by atoms with Gasteiger partial charge in [-0.2, -0.15) is 0 Å². The Kier molecular flexibility index (Phi) is 2.26. The second-order valence-corrected chi connectivity index (χ2v) is 4.61. The highest BCUT2D eigenvalue weighted by atomic mass is 32.1. The van der Waals surface area contributed by atoms with E-state index in [1.807, 2.05) is 36.6 Å². The van der Waals surface area contributed by atoms with E-state index >= 15 is 0 Å². The van der Waals surface area contributed by atoms with Crippen molar-refractivity contribution in [2.45, 2.75) is 6.92 Å². The molecule has 3 heterocycles. The molecule has 0 saturated carbocycles. The number of furan rings is 1. The Morgan fingerprint density at radius 3 is 2.82 bits per heavy atom. The van der Waals surface area contributed by atoms with Crippen LogP contribution in [-0.2, 0) is 0 Å². The maximum Gasteiger partial charge on any atom is 0.231 e. The number of thiophene rings is 1. The summed E-state index contributed by atoms with van der Waals surface area (Å²) in [5.41, 5.74) is 7.26. The van der Waals surface area contributed by atoms with Crippen LogP contribution in [0.15, 0.2) is 38.6 Å². The molecule has 0 amide bonds. The van der Waals surface area contributed by atoms with Crippen molar-refractivity contribution in [2.24, 2.45) is 0 Å². The van der Waals surface area contributed by atoms with Crippen molar-refractivity contribution in [3.05, 3.63) is 35.4 Å². The summed E-state index contributed by atoms with van der Waals surface area (Å²) in [4.78, 5) is 1.02. The van der Waals surface area contributed by atoms with Crippen molar-refractivity contribution in [2.75, 3.05) is 5.73 Å². The molecule has 0 spiro atoms. The standard InChI is InChI=1S/C12H10N2O2S/c1-7-4-5-8(15-7)11-10(12(13)16-14-11)9-3-2-6-17-9/h2-6H,13H2,1H3. The second kappa shape index (κ2) is 3.78. The third-order valence-electron chi connectivity index (χ3n) is 2.46. The summed E-state index contributed by atoms with van der Waals surface area (Å²) in [7, 11) is 0. The zero-order valence-electron chi connectivity index (χ0n) is 9.14. The number of nitrogen functional groups attached to an aromatic ring is 1. The van der Waals surface area contributed by atoms with E-state index in [0.717, 1.165) is 16.2 Å². The van der Waals surface area contributed by atoms with Crippen LogP contribution < -0.4 is 5.73 Å². The van der Waals surface area contributed by atoms with E-state index in [1.54, 1.807) is 11.3 Å². The largest absolute Gasteiger partial charge is 0.460 e. The van der Waals surface area contributed by atoms with Crippen LogP contribution in [0.2, 0.25) is 0 Å². The predicted octanol–water partition coefficient (Wildman–Crippen LogP) is 3.55. The van der Waals surface area contributed by atoms with E-state index in [1.165, 1.54) is 0 Å². The quantitative estimate of drug-likeness (QED) is 0.750. The second-order valence-electron chi connectivity index (χ2n) is 3.66. The van der Waals surface area contributed by atoms with Crippen LogP contribution in [0.5, 0.6) is 0 Å². The van der Waals surface area contributed by atoms with Crippen LogP contribution >= 0.6 is 11.3 Å². The van der Waals surface area contributed by atoms with E-state index in [0.29, 0.717) is 17.3 Å². The molecular weight excluding hydrogens is 236 g/mol. The summed E-state index contributed by atoms with van der Waals surface area (Å²) in [6, 6.07) is 7.69. The summed E-state index contributed by atoms with van der Waals surface area (Å²) in [5, 5.41) is 5.95. The Morgan fingerprint density at radius 2 is 2.18 bits per heavy atom. The van der Waals surface area contributed by atoms with Gasteiger partial charge in [-0.05, 0) is 30.5 Å². The molecule has 0 bridgehead atoms. The number of nitrogens with zero attached hydrogens (tertiary/aromatic N) is 1. The van der Waals surface area contributed by atoms with E-state index < -0.39 is 0 Å². The highest BCUT2D eigenvalue weighted by Crippen LogP contribution is 2.38. The molecule has 0 aromatic carbocycles. The van der Waals surface area contributed by atoms with Gasteiger partial charge in [0.25, 0.3) is 0 Å².